The first-order valence-electron chi connectivity index (χ1n) is 7.15. The summed E-state index contributed by atoms with van der Waals surface area (Å²) in [5.41, 5.74) is 0.626. The van der Waals surface area contributed by atoms with Crippen LogP contribution in [0.4, 0.5) is 4.39 Å². The molecule has 1 heterocycles. The van der Waals surface area contributed by atoms with E-state index < -0.39 is 16.1 Å². The predicted octanol–water partition coefficient (Wildman–Crippen LogP) is 0.711. The molecule has 0 aliphatic carbocycles. The molecular formula is C14H22FN3O2S. The number of halogens is 1. The van der Waals surface area contributed by atoms with E-state index in [1.807, 2.05) is 0 Å². The molecule has 0 bridgehead atoms. The van der Waals surface area contributed by atoms with Gasteiger partial charge in [-0.15, -0.1) is 0 Å². The molecule has 1 aliphatic heterocycles. The van der Waals surface area contributed by atoms with Gasteiger partial charge in [-0.1, -0.05) is 12.1 Å². The van der Waals surface area contributed by atoms with E-state index in [-0.39, 0.29) is 11.6 Å². The number of hydrogen-bond donors (Lipinski definition) is 2. The molecule has 1 aromatic rings. The molecule has 1 aromatic carbocycles. The summed E-state index contributed by atoms with van der Waals surface area (Å²) in [5, 5.41) is 3.23. The van der Waals surface area contributed by atoms with Gasteiger partial charge in [0.15, 0.2) is 0 Å². The lowest BCUT2D eigenvalue weighted by atomic mass is 10.1. The van der Waals surface area contributed by atoms with Gasteiger partial charge < -0.3 is 5.32 Å². The summed E-state index contributed by atoms with van der Waals surface area (Å²) in [5.74, 6) is -0.300. The van der Waals surface area contributed by atoms with Crippen molar-refractivity contribution in [2.24, 2.45) is 0 Å². The van der Waals surface area contributed by atoms with Crippen molar-refractivity contribution in [3.05, 3.63) is 35.6 Å². The van der Waals surface area contributed by atoms with Gasteiger partial charge in [-0.25, -0.2) is 17.5 Å². The van der Waals surface area contributed by atoms with Crippen molar-refractivity contribution in [3.8, 4) is 0 Å². The minimum atomic E-state index is -3.38. The molecule has 5 nitrogen and oxygen atoms in total. The molecule has 1 saturated heterocycles. The van der Waals surface area contributed by atoms with E-state index in [1.165, 1.54) is 12.1 Å². The first-order chi connectivity index (χ1) is 9.96. The number of hydrogen-bond acceptors (Lipinski definition) is 4. The molecule has 0 spiro atoms. The van der Waals surface area contributed by atoms with Crippen molar-refractivity contribution in [1.29, 1.82) is 0 Å². The minimum Gasteiger partial charge on any atom is -0.314 e. The third-order valence-corrected chi connectivity index (χ3v) is 5.02. The summed E-state index contributed by atoms with van der Waals surface area (Å²) < 4.78 is 40.0. The van der Waals surface area contributed by atoms with Gasteiger partial charge in [-0.05, 0) is 24.6 Å². The smallest absolute Gasteiger partial charge is 0.213 e. The maximum absolute atomic E-state index is 13.2. The van der Waals surface area contributed by atoms with Gasteiger partial charge in [0.2, 0.25) is 10.0 Å². The summed E-state index contributed by atoms with van der Waals surface area (Å²) in [6.45, 7) is 5.77. The van der Waals surface area contributed by atoms with Gasteiger partial charge in [0.1, 0.15) is 5.82 Å². The molecule has 0 saturated carbocycles. The van der Waals surface area contributed by atoms with E-state index in [4.69, 9.17) is 0 Å². The fraction of sp³-hybridized carbons (Fsp3) is 0.571. The Kier molecular flexibility index (Phi) is 5.69. The van der Waals surface area contributed by atoms with Gasteiger partial charge in [-0.2, -0.15) is 0 Å². The van der Waals surface area contributed by atoms with Crippen LogP contribution < -0.4 is 10.0 Å². The number of sulfonamides is 1. The van der Waals surface area contributed by atoms with Crippen LogP contribution in [-0.2, 0) is 10.0 Å². The lowest BCUT2D eigenvalue weighted by molar-refractivity contribution is 0.253. The first-order valence-corrected chi connectivity index (χ1v) is 8.80. The molecule has 2 rings (SSSR count). The fourth-order valence-electron chi connectivity index (χ4n) is 2.36. The second kappa shape index (κ2) is 7.31. The van der Waals surface area contributed by atoms with Gasteiger partial charge in [0.25, 0.3) is 0 Å². The van der Waals surface area contributed by atoms with E-state index in [2.05, 4.69) is 14.9 Å². The minimum absolute atomic E-state index is 0.0622. The Morgan fingerprint density at radius 1 is 1.38 bits per heavy atom. The van der Waals surface area contributed by atoms with Crippen LogP contribution in [0.3, 0.4) is 0 Å². The normalized spacial score (nSPS) is 18.6. The zero-order valence-electron chi connectivity index (χ0n) is 12.2. The number of rotatable bonds is 6. The van der Waals surface area contributed by atoms with Crippen molar-refractivity contribution in [2.75, 3.05) is 38.5 Å². The molecular weight excluding hydrogens is 293 g/mol. The Hall–Kier alpha value is -1.02. The van der Waals surface area contributed by atoms with Crippen molar-refractivity contribution < 1.29 is 12.8 Å². The number of nitrogens with one attached hydrogen (secondary N) is 2. The zero-order chi connectivity index (χ0) is 15.3. The summed E-state index contributed by atoms with van der Waals surface area (Å²) in [6, 6.07) is 5.55. The Labute approximate surface area is 125 Å². The molecule has 1 fully saturated rings. The lowest BCUT2D eigenvalue weighted by Gasteiger charge is -2.27. The highest BCUT2D eigenvalue weighted by Crippen LogP contribution is 2.14. The monoisotopic (exact) mass is 315 g/mol. The maximum Gasteiger partial charge on any atom is 0.213 e. The van der Waals surface area contributed by atoms with Crippen LogP contribution in [0.25, 0.3) is 0 Å². The van der Waals surface area contributed by atoms with E-state index in [0.29, 0.717) is 12.1 Å². The van der Waals surface area contributed by atoms with Crippen LogP contribution in [-0.4, -0.2) is 51.8 Å². The molecule has 118 valence electrons. The average Bonchev–Trinajstić information content (AvgIpc) is 2.46. The summed E-state index contributed by atoms with van der Waals surface area (Å²) in [7, 11) is -3.38. The van der Waals surface area contributed by atoms with Gasteiger partial charge >= 0.3 is 0 Å². The van der Waals surface area contributed by atoms with Crippen LogP contribution in [0, 0.1) is 5.82 Å². The van der Waals surface area contributed by atoms with Crippen LogP contribution in [0.2, 0.25) is 0 Å². The van der Waals surface area contributed by atoms with Crippen LogP contribution in [0.5, 0.6) is 0 Å². The third kappa shape index (κ3) is 5.35. The average molecular weight is 315 g/mol. The maximum atomic E-state index is 13.2. The topological polar surface area (TPSA) is 61.4 Å². The third-order valence-electron chi connectivity index (χ3n) is 3.59. The molecule has 1 unspecified atom stereocenters. The summed E-state index contributed by atoms with van der Waals surface area (Å²) >= 11 is 0. The molecule has 0 aromatic heterocycles. The van der Waals surface area contributed by atoms with Gasteiger partial charge in [0, 0.05) is 38.8 Å². The number of piperazine rings is 1. The molecule has 0 amide bonds. The molecule has 1 atom stereocenters. The summed E-state index contributed by atoms with van der Waals surface area (Å²) in [6.07, 6.45) is 0. The molecule has 7 heteroatoms. The van der Waals surface area contributed by atoms with E-state index in [9.17, 15) is 12.8 Å². The Morgan fingerprint density at radius 3 is 2.76 bits per heavy atom. The standard InChI is InChI=1S/C14H22FN3O2S/c1-12(13-3-2-4-14(15)11-13)17-21(19,20)10-9-18-7-5-16-6-8-18/h2-4,11-12,16-17H,5-10H2,1H3. The van der Waals surface area contributed by atoms with Crippen molar-refractivity contribution in [1.82, 2.24) is 14.9 Å². The van der Waals surface area contributed by atoms with Crippen molar-refractivity contribution in [2.45, 2.75) is 13.0 Å². The van der Waals surface area contributed by atoms with E-state index >= 15 is 0 Å². The van der Waals surface area contributed by atoms with E-state index in [0.717, 1.165) is 26.2 Å². The fourth-order valence-corrected chi connectivity index (χ4v) is 3.65. The van der Waals surface area contributed by atoms with Crippen molar-refractivity contribution >= 4 is 10.0 Å². The zero-order valence-corrected chi connectivity index (χ0v) is 13.0. The second-order valence-electron chi connectivity index (χ2n) is 5.31. The van der Waals surface area contributed by atoms with Crippen LogP contribution in [0.1, 0.15) is 18.5 Å². The lowest BCUT2D eigenvalue weighted by Crippen LogP contribution is -2.46. The largest absolute Gasteiger partial charge is 0.314 e. The van der Waals surface area contributed by atoms with Crippen LogP contribution >= 0.6 is 0 Å². The molecule has 1 aliphatic rings. The van der Waals surface area contributed by atoms with Gasteiger partial charge in [0.05, 0.1) is 5.75 Å². The Balaban J connectivity index is 1.87. The highest BCUT2D eigenvalue weighted by Gasteiger charge is 2.18. The van der Waals surface area contributed by atoms with Crippen LogP contribution in [0.15, 0.2) is 24.3 Å². The Bertz CT molecular complexity index is 559. The Morgan fingerprint density at radius 2 is 2.10 bits per heavy atom. The predicted molar refractivity (Wildman–Crippen MR) is 81.0 cm³/mol. The van der Waals surface area contributed by atoms with Crippen molar-refractivity contribution in [3.63, 3.8) is 0 Å². The van der Waals surface area contributed by atoms with E-state index in [1.54, 1.807) is 19.1 Å². The second-order valence-corrected chi connectivity index (χ2v) is 7.18. The first kappa shape index (κ1) is 16.4. The quantitative estimate of drug-likeness (QED) is 0.812. The number of nitrogens with zero attached hydrogens (tertiary/aromatic N) is 1. The SMILES string of the molecule is CC(NS(=O)(=O)CCN1CCNCC1)c1cccc(F)c1. The highest BCUT2D eigenvalue weighted by molar-refractivity contribution is 7.89. The molecule has 0 radical (unpaired) electrons. The molecule has 21 heavy (non-hydrogen) atoms. The molecule has 2 N–H and O–H groups in total. The summed E-state index contributed by atoms with van der Waals surface area (Å²) in [4.78, 5) is 2.13. The van der Waals surface area contributed by atoms with Gasteiger partial charge in [-0.3, -0.25) is 4.90 Å². The highest BCUT2D eigenvalue weighted by atomic mass is 32.2. The number of benzene rings is 1.